The molecule has 0 fully saturated rings. The van der Waals surface area contributed by atoms with Crippen molar-refractivity contribution in [2.45, 2.75) is 30.9 Å². The summed E-state index contributed by atoms with van der Waals surface area (Å²) in [6.45, 7) is 0. The van der Waals surface area contributed by atoms with E-state index in [1.165, 1.54) is 12.1 Å². The third kappa shape index (κ3) is 2.24. The maximum absolute atomic E-state index is 14.0. The highest BCUT2D eigenvalue weighted by atomic mass is 35.5. The fourth-order valence-electron chi connectivity index (χ4n) is 3.35. The van der Waals surface area contributed by atoms with E-state index in [2.05, 4.69) is 0 Å². The molecule has 21 heavy (non-hydrogen) atoms. The first kappa shape index (κ1) is 14.5. The fraction of sp³-hybridized carbons (Fsp3) is 0.294. The quantitative estimate of drug-likeness (QED) is 0.650. The first-order chi connectivity index (χ1) is 9.95. The van der Waals surface area contributed by atoms with Crippen LogP contribution >= 0.6 is 11.6 Å². The molecule has 0 N–H and O–H groups in total. The largest absolute Gasteiger partial charge is 0.402 e. The monoisotopic (exact) mass is 310 g/mol. The van der Waals surface area contributed by atoms with Crippen molar-refractivity contribution in [3.8, 4) is 0 Å². The molecule has 1 aliphatic carbocycles. The molecule has 0 bridgehead atoms. The van der Waals surface area contributed by atoms with E-state index < -0.39 is 11.6 Å². The molecule has 0 aromatic heterocycles. The van der Waals surface area contributed by atoms with Crippen molar-refractivity contribution in [1.82, 2.24) is 0 Å². The standard InChI is InChI=1S/C17H14ClF3/c18-14-8-3-7-13(11-14)16(17(19,20)21)10-4-6-12-5-1-2-9-15(12)16/h1-3,5,7-9,11H,4,6,10H2. The summed E-state index contributed by atoms with van der Waals surface area (Å²) in [6, 6.07) is 13.0. The lowest BCUT2D eigenvalue weighted by molar-refractivity contribution is -0.182. The van der Waals surface area contributed by atoms with Crippen molar-refractivity contribution >= 4 is 11.6 Å². The van der Waals surface area contributed by atoms with Crippen LogP contribution in [-0.2, 0) is 11.8 Å². The van der Waals surface area contributed by atoms with Crippen LogP contribution in [0.2, 0.25) is 5.02 Å². The summed E-state index contributed by atoms with van der Waals surface area (Å²) in [6.07, 6.45) is -3.08. The van der Waals surface area contributed by atoms with Crippen LogP contribution < -0.4 is 0 Å². The summed E-state index contributed by atoms with van der Waals surface area (Å²) in [7, 11) is 0. The molecule has 0 saturated carbocycles. The third-order valence-corrected chi connectivity index (χ3v) is 4.51. The van der Waals surface area contributed by atoms with Crippen molar-refractivity contribution in [2.75, 3.05) is 0 Å². The summed E-state index contributed by atoms with van der Waals surface area (Å²) in [5.41, 5.74) is -0.575. The molecule has 0 radical (unpaired) electrons. The summed E-state index contributed by atoms with van der Waals surface area (Å²) < 4.78 is 42.1. The number of rotatable bonds is 1. The van der Waals surface area contributed by atoms with Crippen LogP contribution in [-0.4, -0.2) is 6.18 Å². The molecule has 2 aromatic carbocycles. The molecule has 110 valence electrons. The van der Waals surface area contributed by atoms with E-state index in [1.54, 1.807) is 36.4 Å². The van der Waals surface area contributed by atoms with Crippen molar-refractivity contribution in [1.29, 1.82) is 0 Å². The normalized spacial score (nSPS) is 21.9. The first-order valence-corrected chi connectivity index (χ1v) is 7.24. The van der Waals surface area contributed by atoms with Gasteiger partial charge in [-0.05, 0) is 48.1 Å². The van der Waals surface area contributed by atoms with E-state index >= 15 is 0 Å². The molecule has 1 unspecified atom stereocenters. The van der Waals surface area contributed by atoms with Crippen molar-refractivity contribution in [3.05, 3.63) is 70.2 Å². The van der Waals surface area contributed by atoms with E-state index in [9.17, 15) is 13.2 Å². The minimum absolute atomic E-state index is 0.0633. The molecule has 3 rings (SSSR count). The predicted molar refractivity (Wildman–Crippen MR) is 77.7 cm³/mol. The molecule has 0 nitrogen and oxygen atoms in total. The van der Waals surface area contributed by atoms with Crippen LogP contribution in [0.1, 0.15) is 29.5 Å². The van der Waals surface area contributed by atoms with Gasteiger partial charge in [0.25, 0.3) is 0 Å². The van der Waals surface area contributed by atoms with Gasteiger partial charge in [0.1, 0.15) is 5.41 Å². The Hall–Kier alpha value is -1.48. The maximum atomic E-state index is 14.0. The lowest BCUT2D eigenvalue weighted by atomic mass is 9.65. The van der Waals surface area contributed by atoms with Crippen molar-refractivity contribution < 1.29 is 13.2 Å². The molecule has 4 heteroatoms. The lowest BCUT2D eigenvalue weighted by Gasteiger charge is -2.41. The molecular weight excluding hydrogens is 297 g/mol. The minimum atomic E-state index is -4.35. The summed E-state index contributed by atoms with van der Waals surface area (Å²) in [4.78, 5) is 0. The smallest absolute Gasteiger partial charge is 0.170 e. The van der Waals surface area contributed by atoms with Crippen LogP contribution in [0, 0.1) is 0 Å². The van der Waals surface area contributed by atoms with Gasteiger partial charge in [-0.1, -0.05) is 48.0 Å². The van der Waals surface area contributed by atoms with E-state index in [1.807, 2.05) is 0 Å². The Morgan fingerprint density at radius 1 is 1.00 bits per heavy atom. The number of hydrogen-bond acceptors (Lipinski definition) is 0. The zero-order valence-electron chi connectivity index (χ0n) is 11.3. The van der Waals surface area contributed by atoms with Crippen molar-refractivity contribution in [3.63, 3.8) is 0 Å². The van der Waals surface area contributed by atoms with Crippen LogP contribution in [0.25, 0.3) is 0 Å². The Labute approximate surface area is 126 Å². The number of benzene rings is 2. The molecule has 0 amide bonds. The number of halogens is 4. The zero-order valence-corrected chi connectivity index (χ0v) is 12.0. The second-order valence-electron chi connectivity index (χ2n) is 5.42. The van der Waals surface area contributed by atoms with Gasteiger partial charge in [-0.2, -0.15) is 13.2 Å². The lowest BCUT2D eigenvalue weighted by Crippen LogP contribution is -2.45. The Morgan fingerprint density at radius 2 is 1.76 bits per heavy atom. The highest BCUT2D eigenvalue weighted by molar-refractivity contribution is 6.30. The Bertz CT molecular complexity index is 663. The first-order valence-electron chi connectivity index (χ1n) is 6.86. The zero-order chi connectivity index (χ0) is 15.1. The molecule has 1 atom stereocenters. The molecule has 0 saturated heterocycles. The maximum Gasteiger partial charge on any atom is 0.402 e. The van der Waals surface area contributed by atoms with Gasteiger partial charge in [0.15, 0.2) is 0 Å². The highest BCUT2D eigenvalue weighted by Gasteiger charge is 2.58. The minimum Gasteiger partial charge on any atom is -0.170 e. The Balaban J connectivity index is 2.31. The molecule has 1 aliphatic rings. The van der Waals surface area contributed by atoms with Gasteiger partial charge in [-0.15, -0.1) is 0 Å². The topological polar surface area (TPSA) is 0 Å². The summed E-state index contributed by atoms with van der Waals surface area (Å²) in [5, 5.41) is 0.333. The number of hydrogen-bond donors (Lipinski definition) is 0. The summed E-state index contributed by atoms with van der Waals surface area (Å²) >= 11 is 5.94. The van der Waals surface area contributed by atoms with Crippen molar-refractivity contribution in [2.24, 2.45) is 0 Å². The van der Waals surface area contributed by atoms with E-state index in [0.717, 1.165) is 5.56 Å². The molecular formula is C17H14ClF3. The van der Waals surface area contributed by atoms with E-state index in [0.29, 0.717) is 23.4 Å². The van der Waals surface area contributed by atoms with Gasteiger partial charge in [0.2, 0.25) is 0 Å². The Morgan fingerprint density at radius 3 is 2.48 bits per heavy atom. The van der Waals surface area contributed by atoms with Gasteiger partial charge in [-0.25, -0.2) is 0 Å². The average molecular weight is 311 g/mol. The van der Waals surface area contributed by atoms with E-state index in [-0.39, 0.29) is 12.0 Å². The van der Waals surface area contributed by atoms with Gasteiger partial charge < -0.3 is 0 Å². The van der Waals surface area contributed by atoms with Crippen LogP contribution in [0.3, 0.4) is 0 Å². The van der Waals surface area contributed by atoms with Crippen LogP contribution in [0.5, 0.6) is 0 Å². The fourth-order valence-corrected chi connectivity index (χ4v) is 3.54. The third-order valence-electron chi connectivity index (χ3n) is 4.28. The number of fused-ring (bicyclic) bond motifs is 1. The highest BCUT2D eigenvalue weighted by Crippen LogP contribution is 2.53. The molecule has 2 aromatic rings. The van der Waals surface area contributed by atoms with Crippen LogP contribution in [0.4, 0.5) is 13.2 Å². The van der Waals surface area contributed by atoms with Crippen LogP contribution in [0.15, 0.2) is 48.5 Å². The van der Waals surface area contributed by atoms with Gasteiger partial charge in [0, 0.05) is 5.02 Å². The van der Waals surface area contributed by atoms with Gasteiger partial charge >= 0.3 is 6.18 Å². The second kappa shape index (κ2) is 5.06. The molecule has 0 heterocycles. The SMILES string of the molecule is FC(F)(F)C1(c2cccc(Cl)c2)CCCc2ccccc21. The molecule has 0 spiro atoms. The molecule has 0 aliphatic heterocycles. The van der Waals surface area contributed by atoms with Gasteiger partial charge in [-0.3, -0.25) is 0 Å². The summed E-state index contributed by atoms with van der Waals surface area (Å²) in [5.74, 6) is 0. The number of alkyl halides is 3. The second-order valence-corrected chi connectivity index (χ2v) is 5.86. The predicted octanol–water partition coefficient (Wildman–Crippen LogP) is 5.52. The van der Waals surface area contributed by atoms with Gasteiger partial charge in [0.05, 0.1) is 0 Å². The average Bonchev–Trinajstić information content (AvgIpc) is 2.45. The Kier molecular flexibility index (Phi) is 3.48. The number of aryl methyl sites for hydroxylation is 1. The van der Waals surface area contributed by atoms with E-state index in [4.69, 9.17) is 11.6 Å².